The van der Waals surface area contributed by atoms with Crippen LogP contribution in [0.4, 0.5) is 0 Å². The first-order valence-electron chi connectivity index (χ1n) is 2.03. The van der Waals surface area contributed by atoms with Crippen LogP contribution in [0.2, 0.25) is 0 Å². The quantitative estimate of drug-likeness (QED) is 0.471. The van der Waals surface area contributed by atoms with Crippen LogP contribution in [-0.4, -0.2) is 11.0 Å². The van der Waals surface area contributed by atoms with Crippen molar-refractivity contribution >= 4 is 45.1 Å². The third-order valence-corrected chi connectivity index (χ3v) is 2.55. The van der Waals surface area contributed by atoms with E-state index in [0.717, 1.165) is 0 Å². The second-order valence-corrected chi connectivity index (χ2v) is 3.00. The fourth-order valence-electron chi connectivity index (χ4n) is 0.395. The van der Waals surface area contributed by atoms with E-state index in [-0.39, 0.29) is 10.1 Å². The Morgan fingerprint density at radius 3 is 2.22 bits per heavy atom. The molecule has 0 spiro atoms. The molecule has 0 aromatic carbocycles. The van der Waals surface area contributed by atoms with Crippen molar-refractivity contribution < 1.29 is 9.53 Å². The first kappa shape index (κ1) is 7.38. The molecule has 0 aromatic heterocycles. The molecule has 0 radical (unpaired) electrons. The van der Waals surface area contributed by atoms with Gasteiger partial charge in [0.1, 0.15) is 5.03 Å². The van der Waals surface area contributed by atoms with Crippen molar-refractivity contribution in [1.29, 1.82) is 0 Å². The highest BCUT2D eigenvalue weighted by Gasteiger charge is 2.29. The largest absolute Gasteiger partial charge is 0.440 e. The van der Waals surface area contributed by atoms with E-state index in [1.54, 1.807) is 0 Å². The molecule has 1 atom stereocenters. The van der Waals surface area contributed by atoms with Crippen molar-refractivity contribution in [2.75, 3.05) is 0 Å². The minimum absolute atomic E-state index is 0.0430. The van der Waals surface area contributed by atoms with Gasteiger partial charge in [-0.1, -0.05) is 23.2 Å². The minimum atomic E-state index is -0.580. The summed E-state index contributed by atoms with van der Waals surface area (Å²) in [4.78, 5) is 10.5. The number of alkyl halides is 1. The van der Waals surface area contributed by atoms with Gasteiger partial charge >= 0.3 is 5.97 Å². The summed E-state index contributed by atoms with van der Waals surface area (Å²) in [5.74, 6) is -0.580. The molecule has 1 heterocycles. The summed E-state index contributed by atoms with van der Waals surface area (Å²) in [6, 6.07) is 0. The Labute approximate surface area is 69.9 Å². The topological polar surface area (TPSA) is 26.3 Å². The van der Waals surface area contributed by atoms with Crippen molar-refractivity contribution in [3.8, 4) is 0 Å². The molecule has 0 N–H and O–H groups in total. The van der Waals surface area contributed by atoms with Gasteiger partial charge in [0.15, 0.2) is 5.01 Å². The van der Waals surface area contributed by atoms with Crippen LogP contribution < -0.4 is 0 Å². The van der Waals surface area contributed by atoms with E-state index in [9.17, 15) is 4.79 Å². The maximum atomic E-state index is 10.5. The van der Waals surface area contributed by atoms with Gasteiger partial charge in [-0.05, 0) is 15.9 Å². The zero-order valence-electron chi connectivity index (χ0n) is 4.03. The highest BCUT2D eigenvalue weighted by atomic mass is 79.9. The first-order chi connectivity index (χ1) is 4.13. The molecule has 50 valence electrons. The van der Waals surface area contributed by atoms with Crippen LogP contribution in [0.3, 0.4) is 0 Å². The second kappa shape index (κ2) is 2.48. The van der Waals surface area contributed by atoms with Gasteiger partial charge < -0.3 is 4.74 Å². The number of hydrogen-bond acceptors (Lipinski definition) is 2. The van der Waals surface area contributed by atoms with Gasteiger partial charge in [0.2, 0.25) is 0 Å². The van der Waals surface area contributed by atoms with E-state index in [1.165, 1.54) is 0 Å². The van der Waals surface area contributed by atoms with E-state index in [4.69, 9.17) is 23.2 Å². The average Bonchev–Trinajstić information content (AvgIpc) is 1.98. The van der Waals surface area contributed by atoms with Gasteiger partial charge in [-0.15, -0.1) is 0 Å². The molecule has 0 saturated carbocycles. The van der Waals surface area contributed by atoms with Crippen molar-refractivity contribution in [3.05, 3.63) is 10.1 Å². The van der Waals surface area contributed by atoms with Crippen molar-refractivity contribution in [2.45, 2.75) is 5.01 Å². The zero-order valence-corrected chi connectivity index (χ0v) is 7.13. The maximum absolute atomic E-state index is 10.5. The SMILES string of the molecule is O=C1OC(Br)C(Cl)=C1Cl. The molecular weight excluding hydrogens is 231 g/mol. The molecule has 1 aliphatic rings. The van der Waals surface area contributed by atoms with Gasteiger partial charge in [-0.3, -0.25) is 0 Å². The standard InChI is InChI=1S/C4HBrCl2O2/c5-3-1(6)2(7)4(8)9-3/h3H. The van der Waals surface area contributed by atoms with Crippen LogP contribution in [0.25, 0.3) is 0 Å². The van der Waals surface area contributed by atoms with Crippen molar-refractivity contribution in [3.63, 3.8) is 0 Å². The van der Waals surface area contributed by atoms with Crippen molar-refractivity contribution in [2.24, 2.45) is 0 Å². The van der Waals surface area contributed by atoms with E-state index in [2.05, 4.69) is 20.7 Å². The molecule has 1 rings (SSSR count). The number of halogens is 3. The molecule has 0 aromatic rings. The van der Waals surface area contributed by atoms with Crippen LogP contribution in [0.1, 0.15) is 0 Å². The Morgan fingerprint density at radius 2 is 2.11 bits per heavy atom. The van der Waals surface area contributed by atoms with E-state index >= 15 is 0 Å². The van der Waals surface area contributed by atoms with Crippen LogP contribution in [0, 0.1) is 0 Å². The zero-order chi connectivity index (χ0) is 7.02. The van der Waals surface area contributed by atoms with Crippen LogP contribution in [0.15, 0.2) is 10.1 Å². The minimum Gasteiger partial charge on any atom is -0.440 e. The number of carbonyl (C=O) groups excluding carboxylic acids is 1. The third-order valence-electron chi connectivity index (χ3n) is 0.799. The molecule has 2 nitrogen and oxygen atoms in total. The van der Waals surface area contributed by atoms with Crippen LogP contribution in [0.5, 0.6) is 0 Å². The number of rotatable bonds is 0. The summed E-state index contributed by atoms with van der Waals surface area (Å²) in [7, 11) is 0. The number of cyclic esters (lactones) is 1. The summed E-state index contributed by atoms with van der Waals surface area (Å²) in [6.07, 6.45) is 0. The summed E-state index contributed by atoms with van der Waals surface area (Å²) in [5.41, 5.74) is 0. The number of carbonyl (C=O) groups is 1. The molecule has 0 amide bonds. The van der Waals surface area contributed by atoms with E-state index < -0.39 is 11.0 Å². The smallest absolute Gasteiger partial charge is 0.352 e. The normalized spacial score (nSPS) is 27.0. The Hall–Kier alpha value is 0.270. The maximum Gasteiger partial charge on any atom is 0.352 e. The predicted octanol–water partition coefficient (Wildman–Crippen LogP) is 1.95. The average molecular weight is 232 g/mol. The van der Waals surface area contributed by atoms with E-state index in [1.807, 2.05) is 0 Å². The monoisotopic (exact) mass is 230 g/mol. The molecule has 0 bridgehead atoms. The lowest BCUT2D eigenvalue weighted by Crippen LogP contribution is -1.99. The van der Waals surface area contributed by atoms with Crippen molar-refractivity contribution in [1.82, 2.24) is 0 Å². The molecule has 0 fully saturated rings. The summed E-state index contributed by atoms with van der Waals surface area (Å²) in [6.45, 7) is 0. The Morgan fingerprint density at radius 1 is 1.56 bits per heavy atom. The molecule has 5 heteroatoms. The Balaban J connectivity index is 2.92. The fourth-order valence-corrected chi connectivity index (χ4v) is 1.19. The van der Waals surface area contributed by atoms with Gasteiger partial charge in [-0.25, -0.2) is 4.79 Å². The van der Waals surface area contributed by atoms with Crippen LogP contribution in [-0.2, 0) is 9.53 Å². The fraction of sp³-hybridized carbons (Fsp3) is 0.250. The van der Waals surface area contributed by atoms with Gasteiger partial charge in [0, 0.05) is 0 Å². The molecule has 9 heavy (non-hydrogen) atoms. The predicted molar refractivity (Wildman–Crippen MR) is 37.5 cm³/mol. The molecule has 1 aliphatic heterocycles. The lowest BCUT2D eigenvalue weighted by molar-refractivity contribution is -0.136. The first-order valence-corrected chi connectivity index (χ1v) is 3.70. The van der Waals surface area contributed by atoms with Gasteiger partial charge in [0.05, 0.1) is 5.03 Å². The lowest BCUT2D eigenvalue weighted by atomic mass is 10.6. The Bertz CT molecular complexity index is 189. The summed E-state index contributed by atoms with van der Waals surface area (Å²) < 4.78 is 4.53. The lowest BCUT2D eigenvalue weighted by Gasteiger charge is -1.96. The Kier molecular flexibility index (Phi) is 2.03. The molecule has 1 unspecified atom stereocenters. The second-order valence-electron chi connectivity index (χ2n) is 1.38. The highest BCUT2D eigenvalue weighted by Crippen LogP contribution is 2.31. The number of ether oxygens (including phenoxy) is 1. The molecular formula is C4HBrCl2O2. The summed E-state index contributed by atoms with van der Waals surface area (Å²) >= 11 is 13.8. The summed E-state index contributed by atoms with van der Waals surface area (Å²) in [5, 5.41) is -0.389. The molecule has 0 aliphatic carbocycles. The van der Waals surface area contributed by atoms with Crippen LogP contribution >= 0.6 is 39.1 Å². The van der Waals surface area contributed by atoms with Gasteiger partial charge in [0.25, 0.3) is 0 Å². The van der Waals surface area contributed by atoms with Gasteiger partial charge in [-0.2, -0.15) is 0 Å². The number of esters is 1. The highest BCUT2D eigenvalue weighted by molar-refractivity contribution is 9.09. The third kappa shape index (κ3) is 1.23. The molecule has 0 saturated heterocycles. The number of hydrogen-bond donors (Lipinski definition) is 0. The van der Waals surface area contributed by atoms with E-state index in [0.29, 0.717) is 0 Å².